The van der Waals surface area contributed by atoms with E-state index in [1.165, 1.54) is 43.3 Å². The summed E-state index contributed by atoms with van der Waals surface area (Å²) in [6, 6.07) is 13.4. The van der Waals surface area contributed by atoms with Gasteiger partial charge in [0.25, 0.3) is 5.56 Å². The van der Waals surface area contributed by atoms with Crippen molar-refractivity contribution in [2.75, 3.05) is 14.2 Å². The number of halogens is 3. The number of aromatic nitrogens is 4. The van der Waals surface area contributed by atoms with E-state index < -0.39 is 27.8 Å². The third kappa shape index (κ3) is 6.20. The van der Waals surface area contributed by atoms with E-state index in [2.05, 4.69) is 15.0 Å². The SMILES string of the molecule is COc1ccc(Cn2cc(-c3cc(C(F)(F)F)nc(S(=O)Cc4ccccn4)n3)ccc2=O)cc1OC. The molecular weight excluding hydrogens is 509 g/mol. The van der Waals surface area contributed by atoms with Crippen molar-refractivity contribution in [3.8, 4) is 22.8 Å². The quantitative estimate of drug-likeness (QED) is 0.317. The number of rotatable bonds is 8. The number of ether oxygens (including phenoxy) is 2. The first-order chi connectivity index (χ1) is 17.7. The van der Waals surface area contributed by atoms with Gasteiger partial charge in [0.15, 0.2) is 11.5 Å². The maximum Gasteiger partial charge on any atom is 0.433 e. The van der Waals surface area contributed by atoms with Crippen LogP contribution in [0.4, 0.5) is 13.2 Å². The van der Waals surface area contributed by atoms with Crippen LogP contribution in [0.3, 0.4) is 0 Å². The number of nitrogens with zero attached hydrogens (tertiary/aromatic N) is 4. The van der Waals surface area contributed by atoms with E-state index in [4.69, 9.17) is 9.47 Å². The fourth-order valence-electron chi connectivity index (χ4n) is 3.48. The molecule has 0 fully saturated rings. The molecule has 1 unspecified atom stereocenters. The molecule has 0 aliphatic rings. The smallest absolute Gasteiger partial charge is 0.433 e. The second-order valence-electron chi connectivity index (χ2n) is 7.80. The van der Waals surface area contributed by atoms with Crippen LogP contribution in [0.5, 0.6) is 11.5 Å². The molecule has 3 heterocycles. The summed E-state index contributed by atoms with van der Waals surface area (Å²) >= 11 is 0. The van der Waals surface area contributed by atoms with Crippen LogP contribution >= 0.6 is 0 Å². The van der Waals surface area contributed by atoms with Gasteiger partial charge in [-0.2, -0.15) is 13.2 Å². The third-order valence-electron chi connectivity index (χ3n) is 5.28. The van der Waals surface area contributed by atoms with Gasteiger partial charge in [-0.15, -0.1) is 0 Å². The van der Waals surface area contributed by atoms with Gasteiger partial charge in [-0.25, -0.2) is 9.97 Å². The highest BCUT2D eigenvalue weighted by Crippen LogP contribution is 2.31. The summed E-state index contributed by atoms with van der Waals surface area (Å²) < 4.78 is 65.6. The molecule has 0 spiro atoms. The highest BCUT2D eigenvalue weighted by atomic mass is 32.2. The Morgan fingerprint density at radius 1 is 0.973 bits per heavy atom. The molecule has 0 aliphatic heterocycles. The standard InChI is InChI=1S/C25H21F3N4O4S/c1-35-20-8-6-16(11-21(20)36-2)13-32-14-17(7-9-23(32)33)19-12-22(25(26,27)28)31-24(30-19)37(34)15-18-5-3-4-10-29-18/h3-12,14H,13,15H2,1-2H3. The molecule has 12 heteroatoms. The highest BCUT2D eigenvalue weighted by molar-refractivity contribution is 7.84. The Morgan fingerprint density at radius 2 is 1.76 bits per heavy atom. The molecule has 0 saturated carbocycles. The van der Waals surface area contributed by atoms with Gasteiger partial charge in [-0.1, -0.05) is 12.1 Å². The van der Waals surface area contributed by atoms with Gasteiger partial charge in [0.05, 0.1) is 48.7 Å². The fraction of sp³-hybridized carbons (Fsp3) is 0.200. The van der Waals surface area contributed by atoms with Gasteiger partial charge in [-0.3, -0.25) is 14.0 Å². The topological polar surface area (TPSA) is 96.2 Å². The summed E-state index contributed by atoms with van der Waals surface area (Å²) in [5, 5.41) is -0.479. The van der Waals surface area contributed by atoms with Gasteiger partial charge in [0.2, 0.25) is 5.16 Å². The zero-order valence-corrected chi connectivity index (χ0v) is 20.5. The van der Waals surface area contributed by atoms with E-state index in [9.17, 15) is 22.2 Å². The number of benzene rings is 1. The van der Waals surface area contributed by atoms with Gasteiger partial charge >= 0.3 is 6.18 Å². The monoisotopic (exact) mass is 530 g/mol. The van der Waals surface area contributed by atoms with Crippen molar-refractivity contribution < 1.29 is 26.9 Å². The van der Waals surface area contributed by atoms with Crippen molar-refractivity contribution in [1.29, 1.82) is 0 Å². The van der Waals surface area contributed by atoms with E-state index in [0.29, 0.717) is 22.8 Å². The molecule has 3 aromatic heterocycles. The van der Waals surface area contributed by atoms with E-state index in [1.54, 1.807) is 36.4 Å². The van der Waals surface area contributed by atoms with Gasteiger partial charge in [0, 0.05) is 24.0 Å². The third-order valence-corrected chi connectivity index (χ3v) is 6.43. The Kier molecular flexibility index (Phi) is 7.67. The number of methoxy groups -OCH3 is 2. The van der Waals surface area contributed by atoms with Gasteiger partial charge < -0.3 is 14.0 Å². The number of hydrogen-bond donors (Lipinski definition) is 0. The number of pyridine rings is 2. The van der Waals surface area contributed by atoms with E-state index in [1.807, 2.05) is 0 Å². The van der Waals surface area contributed by atoms with Crippen LogP contribution in [0.15, 0.2) is 76.9 Å². The van der Waals surface area contributed by atoms with E-state index >= 15 is 0 Å². The van der Waals surface area contributed by atoms with Crippen molar-refractivity contribution in [2.24, 2.45) is 0 Å². The summed E-state index contributed by atoms with van der Waals surface area (Å²) in [4.78, 5) is 24.2. The summed E-state index contributed by atoms with van der Waals surface area (Å²) in [7, 11) is 0.993. The summed E-state index contributed by atoms with van der Waals surface area (Å²) in [6.45, 7) is 0.114. The first-order valence-corrected chi connectivity index (χ1v) is 12.2. The van der Waals surface area contributed by atoms with Crippen LogP contribution in [0.1, 0.15) is 17.0 Å². The van der Waals surface area contributed by atoms with Gasteiger partial charge in [-0.05, 0) is 42.0 Å². The molecule has 0 saturated heterocycles. The van der Waals surface area contributed by atoms with Crippen molar-refractivity contribution in [1.82, 2.24) is 19.5 Å². The summed E-state index contributed by atoms with van der Waals surface area (Å²) in [5.41, 5.74) is -0.376. The fourth-order valence-corrected chi connectivity index (χ4v) is 4.45. The minimum absolute atomic E-state index is 0.114. The van der Waals surface area contributed by atoms with Crippen LogP contribution in [0.2, 0.25) is 0 Å². The molecule has 0 bridgehead atoms. The molecule has 0 aliphatic carbocycles. The lowest BCUT2D eigenvalue weighted by Crippen LogP contribution is -2.19. The Balaban J connectivity index is 1.72. The Morgan fingerprint density at radius 3 is 2.43 bits per heavy atom. The zero-order chi connectivity index (χ0) is 26.6. The molecular formula is C25H21F3N4O4S. The van der Waals surface area contributed by atoms with Crippen LogP contribution in [0.25, 0.3) is 11.3 Å². The predicted molar refractivity (Wildman–Crippen MR) is 130 cm³/mol. The normalized spacial score (nSPS) is 12.2. The molecule has 0 N–H and O–H groups in total. The molecule has 1 atom stereocenters. The lowest BCUT2D eigenvalue weighted by Gasteiger charge is -2.13. The summed E-state index contributed by atoms with van der Waals surface area (Å²) in [6.07, 6.45) is -1.91. The van der Waals surface area contributed by atoms with Crippen LogP contribution in [0, 0.1) is 0 Å². The first kappa shape index (κ1) is 26.0. The Hall–Kier alpha value is -4.06. The maximum atomic E-state index is 13.6. The Labute approximate surface area is 212 Å². The maximum absolute atomic E-state index is 13.6. The van der Waals surface area contributed by atoms with Crippen LogP contribution < -0.4 is 15.0 Å². The predicted octanol–water partition coefficient (Wildman–Crippen LogP) is 4.09. The zero-order valence-electron chi connectivity index (χ0n) is 19.7. The number of alkyl halides is 3. The van der Waals surface area contributed by atoms with Gasteiger partial charge in [0.1, 0.15) is 5.69 Å². The molecule has 192 valence electrons. The first-order valence-electron chi connectivity index (χ1n) is 10.8. The van der Waals surface area contributed by atoms with Crippen molar-refractivity contribution >= 4 is 10.8 Å². The average Bonchev–Trinajstić information content (AvgIpc) is 2.89. The lowest BCUT2D eigenvalue weighted by atomic mass is 10.1. The Bertz CT molecular complexity index is 1490. The van der Waals surface area contributed by atoms with Crippen molar-refractivity contribution in [3.63, 3.8) is 0 Å². The van der Waals surface area contributed by atoms with Crippen molar-refractivity contribution in [3.05, 3.63) is 94.3 Å². The average molecular weight is 531 g/mol. The molecule has 4 aromatic rings. The number of hydrogen-bond acceptors (Lipinski definition) is 7. The molecule has 1 aromatic carbocycles. The second-order valence-corrected chi connectivity index (χ2v) is 9.15. The molecule has 0 radical (unpaired) electrons. The second kappa shape index (κ2) is 10.9. The van der Waals surface area contributed by atoms with Crippen LogP contribution in [-0.4, -0.2) is 37.9 Å². The minimum atomic E-state index is -4.80. The molecule has 4 rings (SSSR count). The molecule has 0 amide bonds. The largest absolute Gasteiger partial charge is 0.493 e. The van der Waals surface area contributed by atoms with E-state index in [-0.39, 0.29) is 29.1 Å². The lowest BCUT2D eigenvalue weighted by molar-refractivity contribution is -0.141. The summed E-state index contributed by atoms with van der Waals surface area (Å²) in [5.74, 6) is 0.828. The van der Waals surface area contributed by atoms with E-state index in [0.717, 1.165) is 6.07 Å². The molecule has 8 nitrogen and oxygen atoms in total. The highest BCUT2D eigenvalue weighted by Gasteiger charge is 2.34. The van der Waals surface area contributed by atoms with Crippen LogP contribution in [-0.2, 0) is 29.3 Å². The van der Waals surface area contributed by atoms with Crippen molar-refractivity contribution in [2.45, 2.75) is 23.6 Å². The molecule has 37 heavy (non-hydrogen) atoms. The minimum Gasteiger partial charge on any atom is -0.493 e.